The van der Waals surface area contributed by atoms with Crippen LogP contribution in [0.5, 0.6) is 0 Å². The molecule has 0 aliphatic heterocycles. The standard InChI is InChI=1S/C19H20N2/c1-2-21-19(16-10-12-20-13-11-16)14-17-8-5-7-15-6-3-4-9-18(15)17/h3-13,19,21H,2,14H2,1H3. The molecule has 3 aromatic rings. The van der Waals surface area contributed by atoms with Gasteiger partial charge in [-0.05, 0) is 47.0 Å². The van der Waals surface area contributed by atoms with Gasteiger partial charge in [0.2, 0.25) is 0 Å². The predicted molar refractivity (Wildman–Crippen MR) is 88.3 cm³/mol. The van der Waals surface area contributed by atoms with Crippen LogP contribution in [0.1, 0.15) is 24.1 Å². The summed E-state index contributed by atoms with van der Waals surface area (Å²) in [5.41, 5.74) is 2.68. The number of rotatable bonds is 5. The molecule has 1 heterocycles. The Kier molecular flexibility index (Phi) is 4.27. The van der Waals surface area contributed by atoms with E-state index in [-0.39, 0.29) is 0 Å². The molecule has 1 N–H and O–H groups in total. The van der Waals surface area contributed by atoms with Crippen LogP contribution in [0.25, 0.3) is 10.8 Å². The molecule has 0 amide bonds. The molecule has 0 saturated heterocycles. The van der Waals surface area contributed by atoms with Crippen LogP contribution in [0.4, 0.5) is 0 Å². The summed E-state index contributed by atoms with van der Waals surface area (Å²) in [5.74, 6) is 0. The number of likely N-dealkylation sites (N-methyl/N-ethyl adjacent to an activating group) is 1. The van der Waals surface area contributed by atoms with Crippen molar-refractivity contribution in [1.29, 1.82) is 0 Å². The second-order valence-electron chi connectivity index (χ2n) is 5.23. The number of nitrogens with one attached hydrogen (secondary N) is 1. The van der Waals surface area contributed by atoms with Crippen molar-refractivity contribution in [3.05, 3.63) is 78.1 Å². The highest BCUT2D eigenvalue weighted by Gasteiger charge is 2.12. The minimum atomic E-state index is 0.323. The van der Waals surface area contributed by atoms with Crippen molar-refractivity contribution in [2.24, 2.45) is 0 Å². The number of fused-ring (bicyclic) bond motifs is 1. The molecule has 1 unspecified atom stereocenters. The normalized spacial score (nSPS) is 12.4. The van der Waals surface area contributed by atoms with Crippen LogP contribution in [-0.4, -0.2) is 11.5 Å². The van der Waals surface area contributed by atoms with Crippen LogP contribution >= 0.6 is 0 Å². The number of aromatic nitrogens is 1. The van der Waals surface area contributed by atoms with E-state index in [1.54, 1.807) is 0 Å². The Morgan fingerprint density at radius 3 is 2.52 bits per heavy atom. The third kappa shape index (κ3) is 3.11. The number of nitrogens with zero attached hydrogens (tertiary/aromatic N) is 1. The van der Waals surface area contributed by atoms with Gasteiger partial charge in [-0.25, -0.2) is 0 Å². The Bertz CT molecular complexity index is 702. The minimum Gasteiger partial charge on any atom is -0.310 e. The van der Waals surface area contributed by atoms with Gasteiger partial charge in [-0.2, -0.15) is 0 Å². The van der Waals surface area contributed by atoms with E-state index in [9.17, 15) is 0 Å². The molecule has 0 saturated carbocycles. The average Bonchev–Trinajstić information content (AvgIpc) is 2.55. The topological polar surface area (TPSA) is 24.9 Å². The summed E-state index contributed by atoms with van der Waals surface area (Å²) in [4.78, 5) is 4.12. The van der Waals surface area contributed by atoms with Gasteiger partial charge in [0.05, 0.1) is 0 Å². The fourth-order valence-corrected chi connectivity index (χ4v) is 2.84. The molecule has 2 aromatic carbocycles. The van der Waals surface area contributed by atoms with Crippen LogP contribution in [0.15, 0.2) is 67.0 Å². The lowest BCUT2D eigenvalue weighted by Gasteiger charge is -2.19. The van der Waals surface area contributed by atoms with Crippen LogP contribution < -0.4 is 5.32 Å². The zero-order valence-corrected chi connectivity index (χ0v) is 12.3. The van der Waals surface area contributed by atoms with E-state index in [1.807, 2.05) is 12.4 Å². The Morgan fingerprint density at radius 1 is 0.952 bits per heavy atom. The van der Waals surface area contributed by atoms with Crippen molar-refractivity contribution in [1.82, 2.24) is 10.3 Å². The SMILES string of the molecule is CCNC(Cc1cccc2ccccc12)c1ccncc1. The molecular weight excluding hydrogens is 256 g/mol. The minimum absolute atomic E-state index is 0.323. The molecule has 0 radical (unpaired) electrons. The molecule has 21 heavy (non-hydrogen) atoms. The number of benzene rings is 2. The van der Waals surface area contributed by atoms with E-state index in [4.69, 9.17) is 0 Å². The van der Waals surface area contributed by atoms with Crippen molar-refractivity contribution in [2.75, 3.05) is 6.54 Å². The van der Waals surface area contributed by atoms with Crippen molar-refractivity contribution in [3.63, 3.8) is 0 Å². The van der Waals surface area contributed by atoms with Gasteiger partial charge in [-0.15, -0.1) is 0 Å². The molecule has 2 nitrogen and oxygen atoms in total. The third-order valence-corrected chi connectivity index (χ3v) is 3.86. The van der Waals surface area contributed by atoms with E-state index < -0.39 is 0 Å². The Hall–Kier alpha value is -2.19. The highest BCUT2D eigenvalue weighted by atomic mass is 14.9. The zero-order chi connectivity index (χ0) is 14.5. The largest absolute Gasteiger partial charge is 0.310 e. The lowest BCUT2D eigenvalue weighted by atomic mass is 9.95. The van der Waals surface area contributed by atoms with Gasteiger partial charge < -0.3 is 5.32 Å². The highest BCUT2D eigenvalue weighted by molar-refractivity contribution is 5.85. The van der Waals surface area contributed by atoms with E-state index in [0.29, 0.717) is 6.04 Å². The summed E-state index contributed by atoms with van der Waals surface area (Å²) in [6.07, 6.45) is 4.71. The van der Waals surface area contributed by atoms with Crippen molar-refractivity contribution in [2.45, 2.75) is 19.4 Å². The number of hydrogen-bond acceptors (Lipinski definition) is 2. The molecular formula is C19H20N2. The maximum absolute atomic E-state index is 4.12. The van der Waals surface area contributed by atoms with Crippen molar-refractivity contribution < 1.29 is 0 Å². The van der Waals surface area contributed by atoms with Gasteiger partial charge in [0.1, 0.15) is 0 Å². The maximum Gasteiger partial charge on any atom is 0.0362 e. The van der Waals surface area contributed by atoms with Gasteiger partial charge in [-0.3, -0.25) is 4.98 Å². The average molecular weight is 276 g/mol. The summed E-state index contributed by atoms with van der Waals surface area (Å²) in [6, 6.07) is 19.7. The first kappa shape index (κ1) is 13.8. The number of pyridine rings is 1. The Morgan fingerprint density at radius 2 is 1.71 bits per heavy atom. The van der Waals surface area contributed by atoms with E-state index in [1.165, 1.54) is 21.9 Å². The fraction of sp³-hybridized carbons (Fsp3) is 0.211. The van der Waals surface area contributed by atoms with Gasteiger partial charge >= 0.3 is 0 Å². The highest BCUT2D eigenvalue weighted by Crippen LogP contribution is 2.24. The molecule has 2 heteroatoms. The maximum atomic E-state index is 4.12. The van der Waals surface area contributed by atoms with Crippen LogP contribution in [0.2, 0.25) is 0 Å². The van der Waals surface area contributed by atoms with Gasteiger partial charge in [0.15, 0.2) is 0 Å². The smallest absolute Gasteiger partial charge is 0.0362 e. The van der Waals surface area contributed by atoms with Crippen molar-refractivity contribution >= 4 is 10.8 Å². The first-order chi connectivity index (χ1) is 10.4. The first-order valence-electron chi connectivity index (χ1n) is 7.48. The molecule has 0 aliphatic carbocycles. The second kappa shape index (κ2) is 6.51. The number of hydrogen-bond donors (Lipinski definition) is 1. The molecule has 0 spiro atoms. The summed E-state index contributed by atoms with van der Waals surface area (Å²) in [7, 11) is 0. The molecule has 106 valence electrons. The summed E-state index contributed by atoms with van der Waals surface area (Å²) in [6.45, 7) is 3.11. The van der Waals surface area contributed by atoms with Gasteiger partial charge in [0.25, 0.3) is 0 Å². The summed E-state index contributed by atoms with van der Waals surface area (Å²) >= 11 is 0. The monoisotopic (exact) mass is 276 g/mol. The van der Waals surface area contributed by atoms with Gasteiger partial charge in [0, 0.05) is 18.4 Å². The zero-order valence-electron chi connectivity index (χ0n) is 12.3. The van der Waals surface area contributed by atoms with Crippen molar-refractivity contribution in [3.8, 4) is 0 Å². The van der Waals surface area contributed by atoms with Gasteiger partial charge in [-0.1, -0.05) is 49.4 Å². The van der Waals surface area contributed by atoms with E-state index in [2.05, 4.69) is 71.8 Å². The Labute approximate surface area is 125 Å². The fourth-order valence-electron chi connectivity index (χ4n) is 2.84. The lowest BCUT2D eigenvalue weighted by Crippen LogP contribution is -2.23. The Balaban J connectivity index is 1.95. The van der Waals surface area contributed by atoms with Crippen LogP contribution in [0, 0.1) is 0 Å². The summed E-state index contributed by atoms with van der Waals surface area (Å²) < 4.78 is 0. The molecule has 0 bridgehead atoms. The molecule has 1 aromatic heterocycles. The van der Waals surface area contributed by atoms with E-state index >= 15 is 0 Å². The molecule has 0 aliphatic rings. The quantitative estimate of drug-likeness (QED) is 0.758. The molecule has 1 atom stereocenters. The third-order valence-electron chi connectivity index (χ3n) is 3.86. The van der Waals surface area contributed by atoms with Crippen LogP contribution in [-0.2, 0) is 6.42 Å². The lowest BCUT2D eigenvalue weighted by molar-refractivity contribution is 0.551. The molecule has 3 rings (SSSR count). The summed E-state index contributed by atoms with van der Waals surface area (Å²) in [5, 5.41) is 6.23. The second-order valence-corrected chi connectivity index (χ2v) is 5.23. The first-order valence-corrected chi connectivity index (χ1v) is 7.48. The predicted octanol–water partition coefficient (Wildman–Crippen LogP) is 4.13. The van der Waals surface area contributed by atoms with E-state index in [0.717, 1.165) is 13.0 Å². The molecule has 0 fully saturated rings. The van der Waals surface area contributed by atoms with Crippen LogP contribution in [0.3, 0.4) is 0 Å².